The van der Waals surface area contributed by atoms with Crippen LogP contribution >= 0.6 is 11.6 Å². The minimum atomic E-state index is -0.872. The summed E-state index contributed by atoms with van der Waals surface area (Å²) in [6, 6.07) is 14.4. The quantitative estimate of drug-likeness (QED) is 0.887. The minimum absolute atomic E-state index is 0.0293. The first-order valence-corrected chi connectivity index (χ1v) is 6.70. The highest BCUT2D eigenvalue weighted by Crippen LogP contribution is 2.21. The van der Waals surface area contributed by atoms with E-state index in [1.807, 2.05) is 18.2 Å². The molecule has 0 heterocycles. The lowest BCUT2D eigenvalue weighted by molar-refractivity contribution is -0.136. The van der Waals surface area contributed by atoms with Crippen molar-refractivity contribution in [3.8, 4) is 6.07 Å². The maximum Gasteiger partial charge on any atom is 0.307 e. The molecule has 0 radical (unpaired) electrons. The van der Waals surface area contributed by atoms with E-state index >= 15 is 0 Å². The molecule has 21 heavy (non-hydrogen) atoms. The Morgan fingerprint density at radius 2 is 1.95 bits per heavy atom. The number of hydrogen-bond acceptors (Lipinski definition) is 3. The second-order valence-electron chi connectivity index (χ2n) is 4.49. The Balaban J connectivity index is 2.19. The Bertz CT molecular complexity index is 708. The Kier molecular flexibility index (Phi) is 4.81. The number of hydrogen-bond donors (Lipinski definition) is 2. The molecule has 0 bridgehead atoms. The summed E-state index contributed by atoms with van der Waals surface area (Å²) < 4.78 is 0. The molecule has 0 unspecified atom stereocenters. The maximum atomic E-state index is 10.9. The predicted octanol–water partition coefficient (Wildman–Crippen LogP) is 3.45. The summed E-state index contributed by atoms with van der Waals surface area (Å²) in [4.78, 5) is 10.9. The molecule has 5 heteroatoms. The van der Waals surface area contributed by atoms with Crippen molar-refractivity contribution in [3.05, 3.63) is 64.2 Å². The summed E-state index contributed by atoms with van der Waals surface area (Å²) in [5.41, 5.74) is 2.76. The summed E-state index contributed by atoms with van der Waals surface area (Å²) in [7, 11) is 0. The van der Waals surface area contributed by atoms with E-state index in [1.165, 1.54) is 0 Å². The van der Waals surface area contributed by atoms with Crippen molar-refractivity contribution in [1.82, 2.24) is 0 Å². The van der Waals surface area contributed by atoms with Gasteiger partial charge in [0.25, 0.3) is 0 Å². The van der Waals surface area contributed by atoms with Gasteiger partial charge in [-0.3, -0.25) is 4.79 Å². The van der Waals surface area contributed by atoms with Crippen molar-refractivity contribution in [2.45, 2.75) is 13.0 Å². The molecule has 2 aromatic rings. The van der Waals surface area contributed by atoms with E-state index in [0.717, 1.165) is 11.1 Å². The number of nitrogens with one attached hydrogen (secondary N) is 1. The van der Waals surface area contributed by atoms with Crippen molar-refractivity contribution >= 4 is 23.3 Å². The van der Waals surface area contributed by atoms with Gasteiger partial charge in [0, 0.05) is 11.6 Å². The number of rotatable bonds is 5. The van der Waals surface area contributed by atoms with Crippen molar-refractivity contribution in [2.24, 2.45) is 0 Å². The molecule has 2 rings (SSSR count). The number of carbonyl (C=O) groups is 1. The Hall–Kier alpha value is -2.51. The Morgan fingerprint density at radius 3 is 2.62 bits per heavy atom. The third-order valence-electron chi connectivity index (χ3n) is 3.03. The third-order valence-corrected chi connectivity index (χ3v) is 3.27. The molecule has 0 aliphatic rings. The number of benzene rings is 2. The molecule has 0 aliphatic carbocycles. The number of halogens is 1. The Morgan fingerprint density at radius 1 is 1.24 bits per heavy atom. The van der Waals surface area contributed by atoms with E-state index in [9.17, 15) is 4.79 Å². The number of anilines is 1. The van der Waals surface area contributed by atoms with Crippen LogP contribution in [0.1, 0.15) is 16.7 Å². The van der Waals surface area contributed by atoms with Crippen molar-refractivity contribution in [2.75, 3.05) is 5.32 Å². The molecule has 4 nitrogen and oxygen atoms in total. The van der Waals surface area contributed by atoms with E-state index < -0.39 is 5.97 Å². The van der Waals surface area contributed by atoms with Crippen molar-refractivity contribution in [3.63, 3.8) is 0 Å². The largest absolute Gasteiger partial charge is 0.481 e. The first-order valence-electron chi connectivity index (χ1n) is 6.32. The summed E-state index contributed by atoms with van der Waals surface area (Å²) in [5.74, 6) is -0.872. The molecular weight excluding hydrogens is 288 g/mol. The monoisotopic (exact) mass is 300 g/mol. The van der Waals surface area contributed by atoms with Gasteiger partial charge in [0.1, 0.15) is 6.07 Å². The number of aliphatic carboxylic acids is 1. The zero-order valence-corrected chi connectivity index (χ0v) is 11.9. The van der Waals surface area contributed by atoms with Gasteiger partial charge in [0.05, 0.1) is 17.7 Å². The van der Waals surface area contributed by atoms with Gasteiger partial charge in [-0.05, 0) is 29.3 Å². The molecule has 0 saturated heterocycles. The van der Waals surface area contributed by atoms with Crippen LogP contribution in [0, 0.1) is 11.3 Å². The van der Waals surface area contributed by atoms with Crippen LogP contribution in [0.5, 0.6) is 0 Å². The molecule has 0 fully saturated rings. The van der Waals surface area contributed by atoms with Gasteiger partial charge < -0.3 is 10.4 Å². The van der Waals surface area contributed by atoms with E-state index in [1.54, 1.807) is 24.3 Å². The molecule has 0 saturated carbocycles. The first kappa shape index (κ1) is 14.9. The molecule has 0 amide bonds. The highest BCUT2D eigenvalue weighted by Gasteiger charge is 2.07. The van der Waals surface area contributed by atoms with E-state index in [-0.39, 0.29) is 6.42 Å². The SMILES string of the molecule is N#Cc1ccc(Cl)cc1NCc1ccccc1CC(=O)O. The summed E-state index contributed by atoms with van der Waals surface area (Å²) >= 11 is 5.93. The lowest BCUT2D eigenvalue weighted by Gasteiger charge is -2.11. The van der Waals surface area contributed by atoms with Gasteiger partial charge >= 0.3 is 5.97 Å². The smallest absolute Gasteiger partial charge is 0.307 e. The molecule has 2 aromatic carbocycles. The summed E-state index contributed by atoms with van der Waals surface area (Å²) in [6.07, 6.45) is -0.0293. The topological polar surface area (TPSA) is 73.1 Å². The fourth-order valence-corrected chi connectivity index (χ4v) is 2.19. The van der Waals surface area contributed by atoms with Crippen LogP contribution < -0.4 is 5.32 Å². The van der Waals surface area contributed by atoms with Crippen LogP contribution in [0.2, 0.25) is 5.02 Å². The number of nitrogens with zero attached hydrogens (tertiary/aromatic N) is 1. The normalized spacial score (nSPS) is 9.90. The third kappa shape index (κ3) is 3.98. The first-order chi connectivity index (χ1) is 10.1. The van der Waals surface area contributed by atoms with Crippen LogP contribution in [-0.4, -0.2) is 11.1 Å². The Labute approximate surface area is 127 Å². The average molecular weight is 301 g/mol. The second kappa shape index (κ2) is 6.78. The molecule has 0 aliphatic heterocycles. The van der Waals surface area contributed by atoms with Gasteiger partial charge in [-0.15, -0.1) is 0 Å². The zero-order chi connectivity index (χ0) is 15.2. The fourth-order valence-electron chi connectivity index (χ4n) is 2.02. The van der Waals surface area contributed by atoms with E-state index in [2.05, 4.69) is 11.4 Å². The van der Waals surface area contributed by atoms with E-state index in [0.29, 0.717) is 22.8 Å². The van der Waals surface area contributed by atoms with E-state index in [4.69, 9.17) is 22.0 Å². The number of carboxylic acids is 1. The van der Waals surface area contributed by atoms with Gasteiger partial charge in [-0.1, -0.05) is 35.9 Å². The van der Waals surface area contributed by atoms with Gasteiger partial charge in [0.2, 0.25) is 0 Å². The van der Waals surface area contributed by atoms with Gasteiger partial charge in [-0.25, -0.2) is 0 Å². The molecular formula is C16H13ClN2O2. The standard InChI is InChI=1S/C16H13ClN2O2/c17-14-6-5-12(9-18)15(8-14)19-10-13-4-2-1-3-11(13)7-16(20)21/h1-6,8,19H,7,10H2,(H,20,21). The maximum absolute atomic E-state index is 10.9. The van der Waals surface area contributed by atoms with Crippen molar-refractivity contribution < 1.29 is 9.90 Å². The van der Waals surface area contributed by atoms with Gasteiger partial charge in [0.15, 0.2) is 0 Å². The van der Waals surface area contributed by atoms with Crippen LogP contribution in [0.3, 0.4) is 0 Å². The van der Waals surface area contributed by atoms with Crippen LogP contribution in [0.25, 0.3) is 0 Å². The number of nitriles is 1. The van der Waals surface area contributed by atoms with Crippen molar-refractivity contribution in [1.29, 1.82) is 5.26 Å². The second-order valence-corrected chi connectivity index (χ2v) is 4.93. The lowest BCUT2D eigenvalue weighted by Crippen LogP contribution is -2.07. The average Bonchev–Trinajstić information content (AvgIpc) is 2.46. The lowest BCUT2D eigenvalue weighted by atomic mass is 10.0. The predicted molar refractivity (Wildman–Crippen MR) is 81.3 cm³/mol. The summed E-state index contributed by atoms with van der Waals surface area (Å²) in [5, 5.41) is 21.7. The molecule has 106 valence electrons. The molecule has 2 N–H and O–H groups in total. The molecule has 0 spiro atoms. The zero-order valence-electron chi connectivity index (χ0n) is 11.1. The van der Waals surface area contributed by atoms with Gasteiger partial charge in [-0.2, -0.15) is 5.26 Å². The fraction of sp³-hybridized carbons (Fsp3) is 0.125. The van der Waals surface area contributed by atoms with Crippen LogP contribution in [0.15, 0.2) is 42.5 Å². The van der Waals surface area contributed by atoms with Crippen LogP contribution in [0.4, 0.5) is 5.69 Å². The molecule has 0 aromatic heterocycles. The summed E-state index contributed by atoms with van der Waals surface area (Å²) in [6.45, 7) is 0.429. The highest BCUT2D eigenvalue weighted by molar-refractivity contribution is 6.30. The van der Waals surface area contributed by atoms with Crippen LogP contribution in [-0.2, 0) is 17.8 Å². The molecule has 0 atom stereocenters. The minimum Gasteiger partial charge on any atom is -0.481 e. The highest BCUT2D eigenvalue weighted by atomic mass is 35.5. The number of carboxylic acid groups (broad SMARTS) is 1.